The topological polar surface area (TPSA) is 53.0 Å². The summed E-state index contributed by atoms with van der Waals surface area (Å²) in [6, 6.07) is 2.89. The average molecular weight is 165 g/mol. The normalized spacial score (nSPS) is 51.9. The van der Waals surface area contributed by atoms with E-state index in [4.69, 9.17) is 11.0 Å². The Morgan fingerprint density at radius 2 is 2.42 bits per heavy atom. The zero-order valence-electron chi connectivity index (χ0n) is 7.45. The van der Waals surface area contributed by atoms with E-state index in [1.165, 1.54) is 6.42 Å². The van der Waals surface area contributed by atoms with Crippen LogP contribution in [0, 0.1) is 17.2 Å². The van der Waals surface area contributed by atoms with Gasteiger partial charge >= 0.3 is 0 Å². The molecule has 0 saturated carbocycles. The summed E-state index contributed by atoms with van der Waals surface area (Å²) in [5.41, 5.74) is 5.38. The number of piperidine rings is 1. The second kappa shape index (κ2) is 2.45. The molecule has 2 saturated heterocycles. The molecule has 2 bridgehead atoms. The second-order valence-electron chi connectivity index (χ2n) is 4.23. The standard InChI is InChI=1S/C9H15N3/c1-7-8-2-3-12(7)6-9(11,4-8)5-10/h7-8H,2-4,6,11H2,1H3/t7?,8-,9+/m0/s1. The first-order valence-electron chi connectivity index (χ1n) is 4.59. The van der Waals surface area contributed by atoms with Crippen LogP contribution >= 0.6 is 0 Å². The summed E-state index contributed by atoms with van der Waals surface area (Å²) in [5.74, 6) is 0.656. The van der Waals surface area contributed by atoms with Gasteiger partial charge in [-0.05, 0) is 32.2 Å². The molecule has 0 amide bonds. The van der Waals surface area contributed by atoms with Crippen LogP contribution in [0.4, 0.5) is 0 Å². The molecule has 4 atom stereocenters. The lowest BCUT2D eigenvalue weighted by atomic mass is 9.82. The number of rotatable bonds is 0. The molecule has 0 aromatic carbocycles. The Bertz CT molecular complexity index is 216. The lowest BCUT2D eigenvalue weighted by molar-refractivity contribution is 0.144. The fourth-order valence-corrected chi connectivity index (χ4v) is 2.55. The molecule has 12 heavy (non-hydrogen) atoms. The van der Waals surface area contributed by atoms with Crippen LogP contribution in [0.25, 0.3) is 0 Å². The van der Waals surface area contributed by atoms with Crippen LogP contribution in [0.15, 0.2) is 0 Å². The SMILES string of the molecule is CC1[C@H]2CCN1C[C@](N)(C#N)C2. The molecule has 2 aliphatic heterocycles. The molecule has 2 fully saturated rings. The largest absolute Gasteiger partial charge is 0.312 e. The van der Waals surface area contributed by atoms with Crippen molar-refractivity contribution in [1.82, 2.24) is 4.90 Å². The number of hydrogen-bond donors (Lipinski definition) is 1. The van der Waals surface area contributed by atoms with Crippen LogP contribution in [-0.4, -0.2) is 29.6 Å². The number of nitriles is 1. The average Bonchev–Trinajstić information content (AvgIpc) is 2.32. The van der Waals surface area contributed by atoms with Gasteiger partial charge in [-0.15, -0.1) is 0 Å². The van der Waals surface area contributed by atoms with E-state index in [1.54, 1.807) is 0 Å². The van der Waals surface area contributed by atoms with Gasteiger partial charge < -0.3 is 5.73 Å². The molecule has 0 radical (unpaired) electrons. The molecule has 2 aliphatic rings. The van der Waals surface area contributed by atoms with Crippen molar-refractivity contribution in [2.45, 2.75) is 31.3 Å². The molecule has 0 aliphatic carbocycles. The zero-order valence-corrected chi connectivity index (χ0v) is 7.45. The molecule has 0 spiro atoms. The Morgan fingerprint density at radius 1 is 1.67 bits per heavy atom. The third kappa shape index (κ3) is 1.03. The predicted molar refractivity (Wildman–Crippen MR) is 46.3 cm³/mol. The van der Waals surface area contributed by atoms with Crippen molar-refractivity contribution in [3.63, 3.8) is 0 Å². The van der Waals surface area contributed by atoms with Crippen molar-refractivity contribution in [3.8, 4) is 6.07 Å². The molecule has 2 N–H and O–H groups in total. The van der Waals surface area contributed by atoms with Crippen LogP contribution in [-0.2, 0) is 0 Å². The van der Waals surface area contributed by atoms with E-state index in [-0.39, 0.29) is 0 Å². The van der Waals surface area contributed by atoms with Crippen molar-refractivity contribution in [2.24, 2.45) is 11.7 Å². The molecule has 0 aromatic rings. The van der Waals surface area contributed by atoms with Crippen molar-refractivity contribution >= 4 is 0 Å². The third-order valence-electron chi connectivity index (χ3n) is 3.38. The maximum Gasteiger partial charge on any atom is 0.117 e. The molecule has 3 nitrogen and oxygen atoms in total. The minimum absolute atomic E-state index is 0.562. The zero-order chi connectivity index (χ0) is 8.77. The van der Waals surface area contributed by atoms with Gasteiger partial charge in [0.2, 0.25) is 0 Å². The molecule has 0 aromatic heterocycles. The fourth-order valence-electron chi connectivity index (χ4n) is 2.55. The maximum atomic E-state index is 8.90. The summed E-state index contributed by atoms with van der Waals surface area (Å²) in [7, 11) is 0. The molecule has 2 unspecified atom stereocenters. The van der Waals surface area contributed by atoms with Crippen LogP contribution in [0.3, 0.4) is 0 Å². The first-order valence-corrected chi connectivity index (χ1v) is 4.59. The predicted octanol–water partition coefficient (Wildman–Crippen LogP) is 0.322. The summed E-state index contributed by atoms with van der Waals surface area (Å²) in [5, 5.41) is 8.90. The lowest BCUT2D eigenvalue weighted by Gasteiger charge is -2.38. The molecule has 3 heteroatoms. The molecular weight excluding hydrogens is 150 g/mol. The highest BCUT2D eigenvalue weighted by Crippen LogP contribution is 2.36. The van der Waals surface area contributed by atoms with Gasteiger partial charge in [0.05, 0.1) is 6.07 Å². The summed E-state index contributed by atoms with van der Waals surface area (Å²) in [6.07, 6.45) is 2.11. The summed E-state index contributed by atoms with van der Waals surface area (Å²) >= 11 is 0. The molecule has 66 valence electrons. The van der Waals surface area contributed by atoms with Crippen LogP contribution < -0.4 is 5.73 Å². The van der Waals surface area contributed by atoms with Crippen molar-refractivity contribution in [3.05, 3.63) is 0 Å². The Kier molecular flexibility index (Phi) is 1.64. The summed E-state index contributed by atoms with van der Waals surface area (Å²) in [4.78, 5) is 2.34. The van der Waals surface area contributed by atoms with E-state index >= 15 is 0 Å². The third-order valence-corrected chi connectivity index (χ3v) is 3.38. The lowest BCUT2D eigenvalue weighted by Crippen LogP contribution is -2.55. The van der Waals surface area contributed by atoms with Gasteiger partial charge in [0.25, 0.3) is 0 Å². The quantitative estimate of drug-likeness (QED) is 0.562. The molecule has 2 rings (SSSR count). The Morgan fingerprint density at radius 3 is 3.00 bits per heavy atom. The minimum atomic E-state index is -0.562. The van der Waals surface area contributed by atoms with Crippen molar-refractivity contribution in [2.75, 3.05) is 13.1 Å². The number of nitrogens with two attached hydrogens (primary N) is 1. The van der Waals surface area contributed by atoms with Gasteiger partial charge in [-0.3, -0.25) is 4.90 Å². The Labute approximate surface area is 73.1 Å². The van der Waals surface area contributed by atoms with Crippen LogP contribution in [0.5, 0.6) is 0 Å². The Balaban J connectivity index is 2.18. The van der Waals surface area contributed by atoms with E-state index in [0.29, 0.717) is 12.0 Å². The number of hydrogen-bond acceptors (Lipinski definition) is 3. The Hall–Kier alpha value is -0.590. The summed E-state index contributed by atoms with van der Waals surface area (Å²) in [6.45, 7) is 4.14. The first kappa shape index (κ1) is 8.03. The first-order chi connectivity index (χ1) is 5.64. The van der Waals surface area contributed by atoms with Crippen LogP contribution in [0.1, 0.15) is 19.8 Å². The van der Waals surface area contributed by atoms with Crippen LogP contribution in [0.2, 0.25) is 0 Å². The highest BCUT2D eigenvalue weighted by atomic mass is 15.2. The molecule has 2 heterocycles. The number of fused-ring (bicyclic) bond motifs is 2. The highest BCUT2D eigenvalue weighted by molar-refractivity contribution is 5.13. The van der Waals surface area contributed by atoms with Crippen molar-refractivity contribution < 1.29 is 0 Å². The smallest absolute Gasteiger partial charge is 0.117 e. The van der Waals surface area contributed by atoms with E-state index in [0.717, 1.165) is 19.5 Å². The van der Waals surface area contributed by atoms with Gasteiger partial charge in [0.1, 0.15) is 5.54 Å². The molecular formula is C9H15N3. The minimum Gasteiger partial charge on any atom is -0.312 e. The second-order valence-corrected chi connectivity index (χ2v) is 4.23. The number of nitrogens with zero attached hydrogens (tertiary/aromatic N) is 2. The van der Waals surface area contributed by atoms with Gasteiger partial charge in [-0.25, -0.2) is 0 Å². The van der Waals surface area contributed by atoms with E-state index in [1.807, 2.05) is 0 Å². The van der Waals surface area contributed by atoms with Gasteiger partial charge in [-0.1, -0.05) is 0 Å². The van der Waals surface area contributed by atoms with Gasteiger partial charge in [-0.2, -0.15) is 5.26 Å². The fraction of sp³-hybridized carbons (Fsp3) is 0.889. The van der Waals surface area contributed by atoms with E-state index in [9.17, 15) is 0 Å². The monoisotopic (exact) mass is 165 g/mol. The summed E-state index contributed by atoms with van der Waals surface area (Å²) < 4.78 is 0. The van der Waals surface area contributed by atoms with Gasteiger partial charge in [0.15, 0.2) is 0 Å². The highest BCUT2D eigenvalue weighted by Gasteiger charge is 2.44. The van der Waals surface area contributed by atoms with Gasteiger partial charge in [0, 0.05) is 12.6 Å². The van der Waals surface area contributed by atoms with E-state index in [2.05, 4.69) is 17.9 Å². The van der Waals surface area contributed by atoms with Crippen molar-refractivity contribution in [1.29, 1.82) is 5.26 Å². The maximum absolute atomic E-state index is 8.90. The van der Waals surface area contributed by atoms with E-state index < -0.39 is 5.54 Å².